The molecule has 0 bridgehead atoms. The van der Waals surface area contributed by atoms with Crippen molar-refractivity contribution in [1.82, 2.24) is 9.97 Å². The second-order valence-electron chi connectivity index (χ2n) is 5.34. The molecule has 4 nitrogen and oxygen atoms in total. The van der Waals surface area contributed by atoms with Crippen molar-refractivity contribution in [3.63, 3.8) is 0 Å². The summed E-state index contributed by atoms with van der Waals surface area (Å²) in [5, 5.41) is 6.67. The van der Waals surface area contributed by atoms with Crippen LogP contribution in [0, 0.1) is 18.8 Å². The monoisotopic (exact) mass is 248 g/mol. The number of rotatable bonds is 7. The Hall–Kier alpha value is -1.32. The molecule has 1 aromatic heterocycles. The average Bonchev–Trinajstić information content (AvgIpc) is 3.17. The maximum atomic E-state index is 4.49. The molecule has 1 unspecified atom stereocenters. The van der Waals surface area contributed by atoms with Crippen LogP contribution in [0.5, 0.6) is 0 Å². The highest BCUT2D eigenvalue weighted by Gasteiger charge is 2.27. The quantitative estimate of drug-likeness (QED) is 0.778. The standard InChI is InChI=1S/C14H24N4/c1-4-7-15-14-17-11(3)8-13(18-14)16-9-10(2)12-5-6-12/h8,10,12H,4-7,9H2,1-3H3,(H2,15,16,17,18). The first-order valence-electron chi connectivity index (χ1n) is 7.02. The van der Waals surface area contributed by atoms with Crippen LogP contribution < -0.4 is 10.6 Å². The molecule has 1 aliphatic carbocycles. The highest BCUT2D eigenvalue weighted by molar-refractivity contribution is 5.42. The molecule has 1 saturated carbocycles. The fourth-order valence-corrected chi connectivity index (χ4v) is 2.07. The molecule has 2 rings (SSSR count). The van der Waals surface area contributed by atoms with Crippen LogP contribution in [0.1, 0.15) is 38.8 Å². The van der Waals surface area contributed by atoms with Crippen molar-refractivity contribution < 1.29 is 0 Å². The summed E-state index contributed by atoms with van der Waals surface area (Å²) in [6.45, 7) is 8.39. The normalized spacial score (nSPS) is 16.4. The Bertz CT molecular complexity index is 387. The summed E-state index contributed by atoms with van der Waals surface area (Å²) in [5.41, 5.74) is 1.00. The van der Waals surface area contributed by atoms with Crippen molar-refractivity contribution in [1.29, 1.82) is 0 Å². The van der Waals surface area contributed by atoms with E-state index in [0.717, 1.165) is 48.8 Å². The summed E-state index contributed by atoms with van der Waals surface area (Å²) >= 11 is 0. The highest BCUT2D eigenvalue weighted by atomic mass is 15.1. The molecule has 1 atom stereocenters. The molecule has 1 aromatic rings. The lowest BCUT2D eigenvalue weighted by Gasteiger charge is -2.13. The summed E-state index contributed by atoms with van der Waals surface area (Å²) in [6, 6.07) is 2.01. The van der Waals surface area contributed by atoms with Crippen LogP contribution in [-0.2, 0) is 0 Å². The first kappa shape index (κ1) is 13.1. The average molecular weight is 248 g/mol. The van der Waals surface area contributed by atoms with Gasteiger partial charge >= 0.3 is 0 Å². The van der Waals surface area contributed by atoms with E-state index in [2.05, 4.69) is 34.4 Å². The molecule has 0 spiro atoms. The number of nitrogens with zero attached hydrogens (tertiary/aromatic N) is 2. The molecule has 1 heterocycles. The van der Waals surface area contributed by atoms with E-state index in [1.54, 1.807) is 0 Å². The maximum Gasteiger partial charge on any atom is 0.224 e. The van der Waals surface area contributed by atoms with E-state index in [0.29, 0.717) is 0 Å². The summed E-state index contributed by atoms with van der Waals surface area (Å²) in [7, 11) is 0. The molecule has 0 aliphatic heterocycles. The van der Waals surface area contributed by atoms with Crippen LogP contribution in [-0.4, -0.2) is 23.1 Å². The van der Waals surface area contributed by atoms with Crippen LogP contribution >= 0.6 is 0 Å². The van der Waals surface area contributed by atoms with Gasteiger partial charge in [-0.3, -0.25) is 0 Å². The van der Waals surface area contributed by atoms with Crippen molar-refractivity contribution in [3.05, 3.63) is 11.8 Å². The number of nitrogens with one attached hydrogen (secondary N) is 2. The Kier molecular flexibility index (Phi) is 4.39. The number of hydrogen-bond donors (Lipinski definition) is 2. The highest BCUT2D eigenvalue weighted by Crippen LogP contribution is 2.36. The lowest BCUT2D eigenvalue weighted by molar-refractivity contribution is 0.536. The fourth-order valence-electron chi connectivity index (χ4n) is 2.07. The molecule has 18 heavy (non-hydrogen) atoms. The van der Waals surface area contributed by atoms with Crippen LogP contribution in [0.3, 0.4) is 0 Å². The van der Waals surface area contributed by atoms with E-state index in [-0.39, 0.29) is 0 Å². The molecule has 0 aromatic carbocycles. The molecule has 2 N–H and O–H groups in total. The zero-order chi connectivity index (χ0) is 13.0. The van der Waals surface area contributed by atoms with Gasteiger partial charge in [-0.05, 0) is 38.0 Å². The van der Waals surface area contributed by atoms with Crippen molar-refractivity contribution in [2.24, 2.45) is 11.8 Å². The Labute approximate surface area is 110 Å². The summed E-state index contributed by atoms with van der Waals surface area (Å²) in [6.07, 6.45) is 3.88. The van der Waals surface area contributed by atoms with Gasteiger partial charge < -0.3 is 10.6 Å². The summed E-state index contributed by atoms with van der Waals surface area (Å²) < 4.78 is 0. The van der Waals surface area contributed by atoms with Crippen LogP contribution in [0.2, 0.25) is 0 Å². The van der Waals surface area contributed by atoms with E-state index in [4.69, 9.17) is 0 Å². The second kappa shape index (κ2) is 6.03. The molecule has 0 saturated heterocycles. The van der Waals surface area contributed by atoms with Crippen molar-refractivity contribution in [3.8, 4) is 0 Å². The molecule has 1 fully saturated rings. The molecule has 4 heteroatoms. The Balaban J connectivity index is 1.91. The Morgan fingerprint density at radius 1 is 1.33 bits per heavy atom. The van der Waals surface area contributed by atoms with Gasteiger partial charge in [-0.1, -0.05) is 13.8 Å². The molecule has 1 aliphatic rings. The van der Waals surface area contributed by atoms with Gasteiger partial charge in [0.15, 0.2) is 0 Å². The SMILES string of the molecule is CCCNc1nc(C)cc(NCC(C)C2CC2)n1. The van der Waals surface area contributed by atoms with E-state index < -0.39 is 0 Å². The van der Waals surface area contributed by atoms with Crippen molar-refractivity contribution in [2.75, 3.05) is 23.7 Å². The van der Waals surface area contributed by atoms with Gasteiger partial charge in [-0.15, -0.1) is 0 Å². The topological polar surface area (TPSA) is 49.8 Å². The smallest absolute Gasteiger partial charge is 0.224 e. The number of aromatic nitrogens is 2. The zero-order valence-electron chi connectivity index (χ0n) is 11.7. The van der Waals surface area contributed by atoms with Crippen molar-refractivity contribution in [2.45, 2.75) is 40.0 Å². The largest absolute Gasteiger partial charge is 0.370 e. The van der Waals surface area contributed by atoms with E-state index in [9.17, 15) is 0 Å². The van der Waals surface area contributed by atoms with Gasteiger partial charge in [-0.2, -0.15) is 4.98 Å². The van der Waals surface area contributed by atoms with Crippen LogP contribution in [0.25, 0.3) is 0 Å². The minimum Gasteiger partial charge on any atom is -0.370 e. The molecular weight excluding hydrogens is 224 g/mol. The summed E-state index contributed by atoms with van der Waals surface area (Å²) in [4.78, 5) is 8.87. The number of aryl methyl sites for hydroxylation is 1. The van der Waals surface area contributed by atoms with Gasteiger partial charge in [0.05, 0.1) is 0 Å². The lowest BCUT2D eigenvalue weighted by Crippen LogP contribution is -2.15. The molecule has 0 amide bonds. The van der Waals surface area contributed by atoms with E-state index >= 15 is 0 Å². The van der Waals surface area contributed by atoms with Gasteiger partial charge in [0.1, 0.15) is 5.82 Å². The fraction of sp³-hybridized carbons (Fsp3) is 0.714. The van der Waals surface area contributed by atoms with Crippen molar-refractivity contribution >= 4 is 11.8 Å². The molecular formula is C14H24N4. The van der Waals surface area contributed by atoms with Crippen LogP contribution in [0.4, 0.5) is 11.8 Å². The second-order valence-corrected chi connectivity index (χ2v) is 5.34. The first-order chi connectivity index (χ1) is 8.69. The molecule has 0 radical (unpaired) electrons. The number of anilines is 2. The minimum atomic E-state index is 0.735. The predicted molar refractivity (Wildman–Crippen MR) is 75.9 cm³/mol. The van der Waals surface area contributed by atoms with Crippen LogP contribution in [0.15, 0.2) is 6.07 Å². The summed E-state index contributed by atoms with van der Waals surface area (Å²) in [5.74, 6) is 3.34. The first-order valence-corrected chi connectivity index (χ1v) is 7.02. The predicted octanol–water partition coefficient (Wildman–Crippen LogP) is 3.06. The number of hydrogen-bond acceptors (Lipinski definition) is 4. The Morgan fingerprint density at radius 3 is 2.78 bits per heavy atom. The minimum absolute atomic E-state index is 0.735. The van der Waals surface area contributed by atoms with E-state index in [1.807, 2.05) is 13.0 Å². The molecule has 100 valence electrons. The zero-order valence-corrected chi connectivity index (χ0v) is 11.7. The third-order valence-corrected chi connectivity index (χ3v) is 3.42. The van der Waals surface area contributed by atoms with Gasteiger partial charge in [0.2, 0.25) is 5.95 Å². The maximum absolute atomic E-state index is 4.49. The van der Waals surface area contributed by atoms with Gasteiger partial charge in [0.25, 0.3) is 0 Å². The third kappa shape index (κ3) is 3.86. The van der Waals surface area contributed by atoms with Gasteiger partial charge in [-0.25, -0.2) is 4.98 Å². The third-order valence-electron chi connectivity index (χ3n) is 3.42. The Morgan fingerprint density at radius 2 is 2.11 bits per heavy atom. The lowest BCUT2D eigenvalue weighted by atomic mass is 10.1. The van der Waals surface area contributed by atoms with E-state index in [1.165, 1.54) is 12.8 Å². The van der Waals surface area contributed by atoms with Gasteiger partial charge in [0, 0.05) is 24.8 Å².